The first-order valence-corrected chi connectivity index (χ1v) is 7.73. The Morgan fingerprint density at radius 1 is 1.39 bits per heavy atom. The molecule has 0 radical (unpaired) electrons. The summed E-state index contributed by atoms with van der Waals surface area (Å²) in [4.78, 5) is -0.0481. The zero-order chi connectivity index (χ0) is 13.8. The fourth-order valence-electron chi connectivity index (χ4n) is 1.47. The Labute approximate surface area is 117 Å². The van der Waals surface area contributed by atoms with Crippen LogP contribution in [0.25, 0.3) is 0 Å². The van der Waals surface area contributed by atoms with Crippen LogP contribution in [-0.2, 0) is 10.0 Å². The number of hydrogen-bond donors (Lipinski definition) is 2. The minimum atomic E-state index is -3.72. The first-order valence-electron chi connectivity index (χ1n) is 5.49. The third-order valence-electron chi connectivity index (χ3n) is 2.47. The van der Waals surface area contributed by atoms with Crippen molar-refractivity contribution in [3.05, 3.63) is 28.2 Å². The van der Waals surface area contributed by atoms with Crippen LogP contribution in [0.1, 0.15) is 19.8 Å². The van der Waals surface area contributed by atoms with Gasteiger partial charge in [-0.25, -0.2) is 13.1 Å². The Bertz CT molecular complexity index is 505. The first-order chi connectivity index (χ1) is 8.40. The van der Waals surface area contributed by atoms with Crippen LogP contribution in [0, 0.1) is 0 Å². The van der Waals surface area contributed by atoms with Crippen molar-refractivity contribution in [3.8, 4) is 0 Å². The molecule has 7 heteroatoms. The minimum absolute atomic E-state index is 0.0481. The molecular formula is C11H15Cl2NO3S. The summed E-state index contributed by atoms with van der Waals surface area (Å²) in [6.45, 7) is 1.76. The van der Waals surface area contributed by atoms with Gasteiger partial charge in [-0.05, 0) is 31.0 Å². The van der Waals surface area contributed by atoms with Crippen molar-refractivity contribution in [1.82, 2.24) is 4.72 Å². The lowest BCUT2D eigenvalue weighted by molar-refractivity contribution is 0.270. The third-order valence-corrected chi connectivity index (χ3v) is 4.71. The maximum atomic E-state index is 12.1. The number of nitrogens with one attached hydrogen (secondary N) is 1. The molecule has 1 aromatic rings. The van der Waals surface area contributed by atoms with Gasteiger partial charge < -0.3 is 5.11 Å². The van der Waals surface area contributed by atoms with Gasteiger partial charge in [-0.2, -0.15) is 0 Å². The highest BCUT2D eigenvalue weighted by Crippen LogP contribution is 2.25. The van der Waals surface area contributed by atoms with Crippen molar-refractivity contribution in [2.24, 2.45) is 0 Å². The molecule has 1 unspecified atom stereocenters. The predicted molar refractivity (Wildman–Crippen MR) is 72.6 cm³/mol. The lowest BCUT2D eigenvalue weighted by Crippen LogP contribution is -2.35. The second kappa shape index (κ2) is 6.73. The molecule has 0 aliphatic heterocycles. The van der Waals surface area contributed by atoms with Crippen LogP contribution in [0.15, 0.2) is 23.1 Å². The smallest absolute Gasteiger partial charge is 0.242 e. The standard InChI is InChI=1S/C11H15Cl2NO3S/c1-2-9(5-6-15)14-18(16,17)11-7-8(12)3-4-10(11)13/h3-4,7,9,14-15H,2,5-6H2,1H3. The summed E-state index contributed by atoms with van der Waals surface area (Å²) in [5, 5.41) is 9.27. The molecule has 4 nitrogen and oxygen atoms in total. The van der Waals surface area contributed by atoms with E-state index in [2.05, 4.69) is 4.72 Å². The Balaban J connectivity index is 3.02. The van der Waals surface area contributed by atoms with E-state index in [-0.39, 0.29) is 22.6 Å². The number of rotatable bonds is 6. The van der Waals surface area contributed by atoms with E-state index in [1.165, 1.54) is 18.2 Å². The highest BCUT2D eigenvalue weighted by Gasteiger charge is 2.21. The topological polar surface area (TPSA) is 66.4 Å². The fraction of sp³-hybridized carbons (Fsp3) is 0.455. The lowest BCUT2D eigenvalue weighted by atomic mass is 10.2. The van der Waals surface area contributed by atoms with Crippen LogP contribution < -0.4 is 4.72 Å². The summed E-state index contributed by atoms with van der Waals surface area (Å²) in [6.07, 6.45) is 0.936. The third kappa shape index (κ3) is 4.10. The second-order valence-corrected chi connectivity index (χ2v) is 6.34. The van der Waals surface area contributed by atoms with Gasteiger partial charge in [-0.15, -0.1) is 0 Å². The number of aliphatic hydroxyl groups is 1. The van der Waals surface area contributed by atoms with Gasteiger partial charge in [-0.1, -0.05) is 30.1 Å². The van der Waals surface area contributed by atoms with Crippen LogP contribution in [-0.4, -0.2) is 26.2 Å². The van der Waals surface area contributed by atoms with Crippen LogP contribution in [0.5, 0.6) is 0 Å². The number of hydrogen-bond acceptors (Lipinski definition) is 3. The molecule has 0 bridgehead atoms. The van der Waals surface area contributed by atoms with Crippen molar-refractivity contribution in [1.29, 1.82) is 0 Å². The second-order valence-electron chi connectivity index (χ2n) is 3.81. The average Bonchev–Trinajstić information content (AvgIpc) is 2.31. The van der Waals surface area contributed by atoms with Crippen molar-refractivity contribution in [3.63, 3.8) is 0 Å². The number of sulfonamides is 1. The quantitative estimate of drug-likeness (QED) is 0.848. The molecule has 0 aromatic heterocycles. The number of aliphatic hydroxyl groups excluding tert-OH is 1. The number of halogens is 2. The Hall–Kier alpha value is -0.330. The maximum Gasteiger partial charge on any atom is 0.242 e. The Morgan fingerprint density at radius 2 is 2.06 bits per heavy atom. The van der Waals surface area contributed by atoms with E-state index < -0.39 is 10.0 Å². The molecule has 0 heterocycles. The van der Waals surface area contributed by atoms with Crippen LogP contribution in [0.3, 0.4) is 0 Å². The summed E-state index contributed by atoms with van der Waals surface area (Å²) in [7, 11) is -3.72. The maximum absolute atomic E-state index is 12.1. The van der Waals surface area contributed by atoms with Gasteiger partial charge in [0.1, 0.15) is 4.90 Å². The zero-order valence-corrected chi connectivity index (χ0v) is 12.2. The molecule has 0 saturated heterocycles. The van der Waals surface area contributed by atoms with Gasteiger partial charge in [0.15, 0.2) is 0 Å². The van der Waals surface area contributed by atoms with E-state index in [1.807, 2.05) is 6.92 Å². The molecule has 0 saturated carbocycles. The van der Waals surface area contributed by atoms with E-state index in [0.29, 0.717) is 17.9 Å². The summed E-state index contributed by atoms with van der Waals surface area (Å²) < 4.78 is 26.7. The van der Waals surface area contributed by atoms with Crippen molar-refractivity contribution < 1.29 is 13.5 Å². The minimum Gasteiger partial charge on any atom is -0.396 e. The summed E-state index contributed by atoms with van der Waals surface area (Å²) in [5.41, 5.74) is 0. The Kier molecular flexibility index (Phi) is 5.88. The molecule has 0 aliphatic carbocycles. The fourth-order valence-corrected chi connectivity index (χ4v) is 3.58. The van der Waals surface area contributed by atoms with E-state index in [4.69, 9.17) is 28.3 Å². The normalized spacial score (nSPS) is 13.6. The van der Waals surface area contributed by atoms with E-state index in [1.54, 1.807) is 0 Å². The van der Waals surface area contributed by atoms with Gasteiger partial charge in [0.25, 0.3) is 0 Å². The molecule has 1 rings (SSSR count). The van der Waals surface area contributed by atoms with E-state index >= 15 is 0 Å². The number of benzene rings is 1. The van der Waals surface area contributed by atoms with Crippen molar-refractivity contribution in [2.75, 3.05) is 6.61 Å². The average molecular weight is 312 g/mol. The highest BCUT2D eigenvalue weighted by molar-refractivity contribution is 7.89. The van der Waals surface area contributed by atoms with Gasteiger partial charge in [0, 0.05) is 17.7 Å². The van der Waals surface area contributed by atoms with Crippen LogP contribution >= 0.6 is 23.2 Å². The SMILES string of the molecule is CCC(CCO)NS(=O)(=O)c1cc(Cl)ccc1Cl. The molecule has 1 atom stereocenters. The van der Waals surface area contributed by atoms with Gasteiger partial charge >= 0.3 is 0 Å². The van der Waals surface area contributed by atoms with Crippen LogP contribution in [0.4, 0.5) is 0 Å². The van der Waals surface area contributed by atoms with Crippen LogP contribution in [0.2, 0.25) is 10.0 Å². The van der Waals surface area contributed by atoms with Gasteiger partial charge in [0.2, 0.25) is 10.0 Å². The van der Waals surface area contributed by atoms with E-state index in [0.717, 1.165) is 0 Å². The Morgan fingerprint density at radius 3 is 2.61 bits per heavy atom. The van der Waals surface area contributed by atoms with Crippen molar-refractivity contribution >= 4 is 33.2 Å². The summed E-state index contributed by atoms with van der Waals surface area (Å²) in [5.74, 6) is 0. The highest BCUT2D eigenvalue weighted by atomic mass is 35.5. The molecule has 0 spiro atoms. The van der Waals surface area contributed by atoms with Gasteiger partial charge in [-0.3, -0.25) is 0 Å². The molecule has 18 heavy (non-hydrogen) atoms. The molecular weight excluding hydrogens is 297 g/mol. The van der Waals surface area contributed by atoms with E-state index in [9.17, 15) is 8.42 Å². The summed E-state index contributed by atoms with van der Waals surface area (Å²) in [6, 6.07) is 3.94. The largest absolute Gasteiger partial charge is 0.396 e. The van der Waals surface area contributed by atoms with Gasteiger partial charge in [0.05, 0.1) is 5.02 Å². The molecule has 0 fully saturated rings. The zero-order valence-electron chi connectivity index (χ0n) is 9.86. The summed E-state index contributed by atoms with van der Waals surface area (Å²) >= 11 is 11.6. The predicted octanol–water partition coefficient (Wildman–Crippen LogP) is 2.43. The first kappa shape index (κ1) is 15.7. The molecule has 0 amide bonds. The molecule has 0 aliphatic rings. The monoisotopic (exact) mass is 311 g/mol. The van der Waals surface area contributed by atoms with Crippen molar-refractivity contribution in [2.45, 2.75) is 30.7 Å². The molecule has 1 aromatic carbocycles. The molecule has 102 valence electrons. The lowest BCUT2D eigenvalue weighted by Gasteiger charge is -2.16. The molecule has 2 N–H and O–H groups in total.